The number of nitrogens with one attached hydrogen (secondary N) is 1. The standard InChI is InChI=1S/C11H12Cl2F3N3O2/c12-7-3-8(13)10(17-4-7)18-9(21)5-19(1-2-20)6-11(14,15)16/h3-4,20H,1-2,5-6H2,(H,17,18,21). The highest BCUT2D eigenvalue weighted by molar-refractivity contribution is 6.36. The molecule has 0 aliphatic rings. The van der Waals surface area contributed by atoms with Gasteiger partial charge in [0.2, 0.25) is 5.91 Å². The normalized spacial score (nSPS) is 11.8. The van der Waals surface area contributed by atoms with Crippen molar-refractivity contribution < 1.29 is 23.1 Å². The maximum atomic E-state index is 12.3. The summed E-state index contributed by atoms with van der Waals surface area (Å²) < 4.78 is 36.9. The average Bonchev–Trinajstić information content (AvgIpc) is 2.31. The summed E-state index contributed by atoms with van der Waals surface area (Å²) in [5.41, 5.74) is 0. The maximum absolute atomic E-state index is 12.3. The van der Waals surface area contributed by atoms with Gasteiger partial charge < -0.3 is 10.4 Å². The number of aromatic nitrogens is 1. The van der Waals surface area contributed by atoms with E-state index in [1.807, 2.05) is 0 Å². The number of carbonyl (C=O) groups is 1. The molecule has 0 saturated heterocycles. The van der Waals surface area contributed by atoms with Crippen LogP contribution in [0.1, 0.15) is 0 Å². The summed E-state index contributed by atoms with van der Waals surface area (Å²) in [6, 6.07) is 1.34. The lowest BCUT2D eigenvalue weighted by atomic mass is 10.4. The van der Waals surface area contributed by atoms with Crippen LogP contribution in [-0.2, 0) is 4.79 Å². The lowest BCUT2D eigenvalue weighted by molar-refractivity contribution is -0.148. The van der Waals surface area contributed by atoms with E-state index in [4.69, 9.17) is 28.3 Å². The Bertz CT molecular complexity index is 500. The van der Waals surface area contributed by atoms with Crippen LogP contribution in [0.4, 0.5) is 19.0 Å². The topological polar surface area (TPSA) is 65.5 Å². The highest BCUT2D eigenvalue weighted by Crippen LogP contribution is 2.22. The Kier molecular flexibility index (Phi) is 6.66. The van der Waals surface area contributed by atoms with Crippen molar-refractivity contribution >= 4 is 34.9 Å². The fraction of sp³-hybridized carbons (Fsp3) is 0.455. The van der Waals surface area contributed by atoms with Crippen molar-refractivity contribution in [2.45, 2.75) is 6.18 Å². The number of nitrogens with zero attached hydrogens (tertiary/aromatic N) is 2. The summed E-state index contributed by atoms with van der Waals surface area (Å²) >= 11 is 11.4. The van der Waals surface area contributed by atoms with Crippen LogP contribution >= 0.6 is 23.2 Å². The molecule has 2 N–H and O–H groups in total. The molecule has 0 aliphatic carbocycles. The first-order valence-electron chi connectivity index (χ1n) is 5.72. The zero-order valence-corrected chi connectivity index (χ0v) is 12.1. The SMILES string of the molecule is O=C(CN(CCO)CC(F)(F)F)Nc1ncc(Cl)cc1Cl. The number of amides is 1. The Morgan fingerprint density at radius 2 is 2.10 bits per heavy atom. The van der Waals surface area contributed by atoms with Gasteiger partial charge in [-0.1, -0.05) is 23.2 Å². The summed E-state index contributed by atoms with van der Waals surface area (Å²) in [7, 11) is 0. The molecule has 0 saturated carbocycles. The monoisotopic (exact) mass is 345 g/mol. The number of hydrogen-bond acceptors (Lipinski definition) is 4. The zero-order chi connectivity index (χ0) is 16.0. The number of anilines is 1. The minimum atomic E-state index is -4.47. The summed E-state index contributed by atoms with van der Waals surface area (Å²) in [5, 5.41) is 11.3. The summed E-state index contributed by atoms with van der Waals surface area (Å²) in [4.78, 5) is 16.2. The number of hydrogen-bond donors (Lipinski definition) is 2. The second-order valence-electron chi connectivity index (χ2n) is 4.08. The van der Waals surface area contributed by atoms with Crippen molar-refractivity contribution in [2.24, 2.45) is 0 Å². The van der Waals surface area contributed by atoms with E-state index in [9.17, 15) is 18.0 Å². The van der Waals surface area contributed by atoms with Crippen LogP contribution in [0.2, 0.25) is 10.0 Å². The quantitative estimate of drug-likeness (QED) is 0.829. The predicted molar refractivity (Wildman–Crippen MR) is 72.5 cm³/mol. The molecular formula is C11H12Cl2F3N3O2. The largest absolute Gasteiger partial charge is 0.401 e. The molecule has 1 amide bonds. The van der Waals surface area contributed by atoms with Crippen LogP contribution in [0, 0.1) is 0 Å². The van der Waals surface area contributed by atoms with E-state index in [0.29, 0.717) is 0 Å². The number of pyridine rings is 1. The molecule has 1 heterocycles. The van der Waals surface area contributed by atoms with Crippen LogP contribution in [-0.4, -0.2) is 53.3 Å². The lowest BCUT2D eigenvalue weighted by Gasteiger charge is -2.21. The first-order valence-corrected chi connectivity index (χ1v) is 6.47. The van der Waals surface area contributed by atoms with E-state index >= 15 is 0 Å². The van der Waals surface area contributed by atoms with E-state index in [1.54, 1.807) is 0 Å². The molecule has 0 unspecified atom stereocenters. The molecule has 118 valence electrons. The third kappa shape index (κ3) is 6.94. The molecule has 1 aromatic heterocycles. The number of alkyl halides is 3. The van der Waals surface area contributed by atoms with Gasteiger partial charge in [0.05, 0.1) is 29.7 Å². The summed E-state index contributed by atoms with van der Waals surface area (Å²) in [5.74, 6) is -0.730. The van der Waals surface area contributed by atoms with Crippen molar-refractivity contribution in [1.82, 2.24) is 9.88 Å². The molecule has 0 bridgehead atoms. The second kappa shape index (κ2) is 7.79. The molecule has 5 nitrogen and oxygen atoms in total. The molecule has 0 atom stereocenters. The summed E-state index contributed by atoms with van der Waals surface area (Å²) in [6.07, 6.45) is -3.23. The number of rotatable bonds is 6. The van der Waals surface area contributed by atoms with E-state index < -0.39 is 31.8 Å². The molecule has 10 heteroatoms. The maximum Gasteiger partial charge on any atom is 0.401 e. The van der Waals surface area contributed by atoms with Crippen LogP contribution in [0.25, 0.3) is 0 Å². The average molecular weight is 346 g/mol. The van der Waals surface area contributed by atoms with Gasteiger partial charge in [-0.05, 0) is 6.07 Å². The Morgan fingerprint density at radius 3 is 2.62 bits per heavy atom. The smallest absolute Gasteiger partial charge is 0.395 e. The molecular weight excluding hydrogens is 334 g/mol. The summed E-state index contributed by atoms with van der Waals surface area (Å²) in [6.45, 7) is -2.64. The van der Waals surface area contributed by atoms with Gasteiger partial charge in [-0.3, -0.25) is 9.69 Å². The van der Waals surface area contributed by atoms with Crippen molar-refractivity contribution in [3.05, 3.63) is 22.3 Å². The van der Waals surface area contributed by atoms with Gasteiger partial charge in [0.15, 0.2) is 5.82 Å². The fourth-order valence-electron chi connectivity index (χ4n) is 1.49. The van der Waals surface area contributed by atoms with Crippen LogP contribution < -0.4 is 5.32 Å². The second-order valence-corrected chi connectivity index (χ2v) is 4.93. The number of halogens is 5. The minimum Gasteiger partial charge on any atom is -0.395 e. The molecule has 0 fully saturated rings. The highest BCUT2D eigenvalue weighted by Gasteiger charge is 2.31. The van der Waals surface area contributed by atoms with Crippen molar-refractivity contribution in [3.8, 4) is 0 Å². The van der Waals surface area contributed by atoms with E-state index in [0.717, 1.165) is 4.90 Å². The van der Waals surface area contributed by atoms with Gasteiger partial charge >= 0.3 is 6.18 Å². The molecule has 21 heavy (non-hydrogen) atoms. The van der Waals surface area contributed by atoms with E-state index in [2.05, 4.69) is 10.3 Å². The predicted octanol–water partition coefficient (Wildman–Crippen LogP) is 2.18. The Labute approximate surface area is 128 Å². The van der Waals surface area contributed by atoms with Gasteiger partial charge in [0.1, 0.15) is 0 Å². The van der Waals surface area contributed by atoms with Gasteiger partial charge in [-0.2, -0.15) is 13.2 Å². The van der Waals surface area contributed by atoms with Gasteiger partial charge in [-0.15, -0.1) is 0 Å². The fourth-order valence-corrected chi connectivity index (χ4v) is 1.92. The molecule has 1 rings (SSSR count). The Morgan fingerprint density at radius 1 is 1.43 bits per heavy atom. The third-order valence-electron chi connectivity index (χ3n) is 2.25. The molecule has 0 aromatic carbocycles. The Balaban J connectivity index is 2.65. The van der Waals surface area contributed by atoms with Gasteiger partial charge in [0, 0.05) is 12.7 Å². The number of aliphatic hydroxyl groups is 1. The van der Waals surface area contributed by atoms with Crippen molar-refractivity contribution in [3.63, 3.8) is 0 Å². The van der Waals surface area contributed by atoms with Crippen molar-refractivity contribution in [1.29, 1.82) is 0 Å². The molecule has 0 aliphatic heterocycles. The minimum absolute atomic E-state index is 0.00187. The van der Waals surface area contributed by atoms with Crippen LogP contribution in [0.15, 0.2) is 12.3 Å². The molecule has 1 aromatic rings. The van der Waals surface area contributed by atoms with Crippen LogP contribution in [0.3, 0.4) is 0 Å². The van der Waals surface area contributed by atoms with Gasteiger partial charge in [-0.25, -0.2) is 4.98 Å². The van der Waals surface area contributed by atoms with Crippen LogP contribution in [0.5, 0.6) is 0 Å². The first kappa shape index (κ1) is 18.0. The van der Waals surface area contributed by atoms with E-state index in [1.165, 1.54) is 12.3 Å². The van der Waals surface area contributed by atoms with E-state index in [-0.39, 0.29) is 22.4 Å². The van der Waals surface area contributed by atoms with Crippen molar-refractivity contribution in [2.75, 3.05) is 31.6 Å². The zero-order valence-electron chi connectivity index (χ0n) is 10.6. The van der Waals surface area contributed by atoms with Gasteiger partial charge in [0.25, 0.3) is 0 Å². The molecule has 0 radical (unpaired) electrons. The molecule has 0 spiro atoms. The number of aliphatic hydroxyl groups excluding tert-OH is 1. The lowest BCUT2D eigenvalue weighted by Crippen LogP contribution is -2.41. The first-order chi connectivity index (χ1) is 9.71. The number of carbonyl (C=O) groups excluding carboxylic acids is 1. The Hall–Kier alpha value is -1.09. The third-order valence-corrected chi connectivity index (χ3v) is 2.75. The highest BCUT2D eigenvalue weighted by atomic mass is 35.5.